The van der Waals surface area contributed by atoms with E-state index < -0.39 is 0 Å². The molecule has 0 aromatic rings. The Bertz CT molecular complexity index is 193. The summed E-state index contributed by atoms with van der Waals surface area (Å²) in [6, 6.07) is -0.104. The predicted octanol–water partition coefficient (Wildman–Crippen LogP) is 0.841. The molecule has 0 N–H and O–H groups in total. The summed E-state index contributed by atoms with van der Waals surface area (Å²) in [4.78, 5) is 13.0. The third kappa shape index (κ3) is 2.22. The molecule has 1 heterocycles. The molecule has 4 heteroatoms. The van der Waals surface area contributed by atoms with Crippen LogP contribution in [-0.2, 0) is 9.53 Å². The smallest absolute Gasteiger partial charge is 0.323 e. The number of carbonyl (C=O) groups excluding carboxylic acids is 1. The predicted molar refractivity (Wildman–Crippen MR) is 49.4 cm³/mol. The second kappa shape index (κ2) is 4.48. The maximum absolute atomic E-state index is 11.1. The second-order valence-corrected chi connectivity index (χ2v) is 2.91. The Hall–Kier alpha value is -0.540. The van der Waals surface area contributed by atoms with E-state index in [0.717, 1.165) is 18.5 Å². The van der Waals surface area contributed by atoms with E-state index in [0.29, 0.717) is 0 Å². The molecule has 0 saturated carbocycles. The Labute approximate surface area is 78.8 Å². The summed E-state index contributed by atoms with van der Waals surface area (Å²) in [5.41, 5.74) is 1.10. The maximum Gasteiger partial charge on any atom is 0.323 e. The van der Waals surface area contributed by atoms with E-state index in [9.17, 15) is 4.79 Å². The molecule has 12 heavy (non-hydrogen) atoms. The van der Waals surface area contributed by atoms with Gasteiger partial charge in [-0.1, -0.05) is 12.2 Å². The van der Waals surface area contributed by atoms with Crippen LogP contribution in [0.5, 0.6) is 0 Å². The van der Waals surface area contributed by atoms with Gasteiger partial charge in [-0.15, -0.1) is 12.4 Å². The lowest BCUT2D eigenvalue weighted by atomic mass is 10.2. The lowest BCUT2D eigenvalue weighted by Gasteiger charge is -2.15. The minimum Gasteiger partial charge on any atom is -0.468 e. The summed E-state index contributed by atoms with van der Waals surface area (Å²) >= 11 is 0. The highest BCUT2D eigenvalue weighted by Crippen LogP contribution is 2.19. The molecule has 0 unspecified atom stereocenters. The van der Waals surface area contributed by atoms with Crippen LogP contribution in [0, 0.1) is 0 Å². The molecule has 0 aliphatic carbocycles. The van der Waals surface area contributed by atoms with Crippen molar-refractivity contribution in [3.05, 3.63) is 12.2 Å². The van der Waals surface area contributed by atoms with Crippen molar-refractivity contribution in [1.29, 1.82) is 0 Å². The number of ether oxygens (including phenoxy) is 1. The maximum atomic E-state index is 11.1. The van der Waals surface area contributed by atoms with E-state index in [1.807, 2.05) is 11.9 Å². The van der Waals surface area contributed by atoms with Gasteiger partial charge >= 0.3 is 5.97 Å². The fourth-order valence-electron chi connectivity index (χ4n) is 1.36. The Kier molecular flexibility index (Phi) is 4.28. The molecule has 70 valence electrons. The number of esters is 1. The molecule has 1 rings (SSSR count). The van der Waals surface area contributed by atoms with Crippen molar-refractivity contribution >= 4 is 18.4 Å². The van der Waals surface area contributed by atoms with E-state index in [-0.39, 0.29) is 24.4 Å². The lowest BCUT2D eigenvalue weighted by Crippen LogP contribution is -2.33. The summed E-state index contributed by atoms with van der Waals surface area (Å²) in [6.07, 6.45) is 0.739. The van der Waals surface area contributed by atoms with Gasteiger partial charge in [0.2, 0.25) is 0 Å². The number of methoxy groups -OCH3 is 1. The first-order valence-corrected chi connectivity index (χ1v) is 3.60. The summed E-state index contributed by atoms with van der Waals surface area (Å²) in [7, 11) is 3.32. The fraction of sp³-hybridized carbons (Fsp3) is 0.625. The van der Waals surface area contributed by atoms with E-state index in [1.165, 1.54) is 7.11 Å². The first-order valence-electron chi connectivity index (χ1n) is 3.60. The summed E-state index contributed by atoms with van der Waals surface area (Å²) in [6.45, 7) is 4.63. The van der Waals surface area contributed by atoms with Gasteiger partial charge in [0.15, 0.2) is 0 Å². The van der Waals surface area contributed by atoms with Crippen molar-refractivity contribution in [3.63, 3.8) is 0 Å². The second-order valence-electron chi connectivity index (χ2n) is 2.91. The standard InChI is InChI=1S/C8H13NO2.ClH/c1-6-4-7(8(10)11-3)9(2)5-6;/h7H,1,4-5H2,2-3H3;1H/t7-;/m0./s1. The normalized spacial score (nSPS) is 23.5. The van der Waals surface area contributed by atoms with Crippen molar-refractivity contribution in [2.45, 2.75) is 12.5 Å². The van der Waals surface area contributed by atoms with Crippen LogP contribution >= 0.6 is 12.4 Å². The van der Waals surface area contributed by atoms with Crippen molar-refractivity contribution in [3.8, 4) is 0 Å². The average molecular weight is 192 g/mol. The average Bonchev–Trinajstić information content (AvgIpc) is 2.28. The minimum atomic E-state index is -0.161. The van der Waals surface area contributed by atoms with Gasteiger partial charge in [-0.3, -0.25) is 9.69 Å². The van der Waals surface area contributed by atoms with E-state index >= 15 is 0 Å². The Morgan fingerprint density at radius 3 is 2.67 bits per heavy atom. The van der Waals surface area contributed by atoms with Crippen LogP contribution in [0.4, 0.5) is 0 Å². The van der Waals surface area contributed by atoms with Gasteiger partial charge in [-0.25, -0.2) is 0 Å². The number of rotatable bonds is 1. The monoisotopic (exact) mass is 191 g/mol. The van der Waals surface area contributed by atoms with Gasteiger partial charge in [0.1, 0.15) is 6.04 Å². The van der Waals surface area contributed by atoms with Crippen LogP contribution < -0.4 is 0 Å². The van der Waals surface area contributed by atoms with Crippen molar-refractivity contribution < 1.29 is 9.53 Å². The molecule has 1 aliphatic heterocycles. The molecule has 0 bridgehead atoms. The largest absolute Gasteiger partial charge is 0.468 e. The van der Waals surface area contributed by atoms with Crippen LogP contribution in [0.1, 0.15) is 6.42 Å². The number of likely N-dealkylation sites (tertiary alicyclic amines) is 1. The van der Waals surface area contributed by atoms with Gasteiger partial charge in [0.25, 0.3) is 0 Å². The summed E-state index contributed by atoms with van der Waals surface area (Å²) in [5.74, 6) is -0.161. The summed E-state index contributed by atoms with van der Waals surface area (Å²) < 4.78 is 4.63. The van der Waals surface area contributed by atoms with Crippen molar-refractivity contribution in [2.75, 3.05) is 20.7 Å². The van der Waals surface area contributed by atoms with Gasteiger partial charge in [0, 0.05) is 6.54 Å². The first kappa shape index (κ1) is 11.5. The zero-order valence-corrected chi connectivity index (χ0v) is 8.19. The van der Waals surface area contributed by atoms with E-state index in [1.54, 1.807) is 0 Å². The molecular weight excluding hydrogens is 178 g/mol. The third-order valence-corrected chi connectivity index (χ3v) is 1.96. The SMILES string of the molecule is C=C1C[C@@H](C(=O)OC)N(C)C1.Cl. The lowest BCUT2D eigenvalue weighted by molar-refractivity contribution is -0.145. The highest BCUT2D eigenvalue weighted by atomic mass is 35.5. The van der Waals surface area contributed by atoms with Gasteiger partial charge in [-0.2, -0.15) is 0 Å². The molecule has 0 aromatic carbocycles. The third-order valence-electron chi connectivity index (χ3n) is 1.96. The van der Waals surface area contributed by atoms with Gasteiger partial charge in [0.05, 0.1) is 7.11 Å². The van der Waals surface area contributed by atoms with Crippen molar-refractivity contribution in [1.82, 2.24) is 4.90 Å². The minimum absolute atomic E-state index is 0. The highest BCUT2D eigenvalue weighted by molar-refractivity contribution is 5.85. The molecule has 1 fully saturated rings. The first-order chi connectivity index (χ1) is 5.15. The van der Waals surface area contributed by atoms with Crippen LogP contribution in [0.25, 0.3) is 0 Å². The molecule has 0 spiro atoms. The van der Waals surface area contributed by atoms with E-state index in [2.05, 4.69) is 11.3 Å². The Morgan fingerprint density at radius 1 is 1.75 bits per heavy atom. The topological polar surface area (TPSA) is 29.5 Å². The quantitative estimate of drug-likeness (QED) is 0.455. The number of carbonyl (C=O) groups is 1. The van der Waals surface area contributed by atoms with Crippen LogP contribution in [0.15, 0.2) is 12.2 Å². The van der Waals surface area contributed by atoms with Crippen LogP contribution in [0.3, 0.4) is 0 Å². The van der Waals surface area contributed by atoms with Gasteiger partial charge in [-0.05, 0) is 13.5 Å². The molecule has 1 saturated heterocycles. The number of hydrogen-bond acceptors (Lipinski definition) is 3. The highest BCUT2D eigenvalue weighted by Gasteiger charge is 2.30. The molecule has 3 nitrogen and oxygen atoms in total. The molecule has 0 radical (unpaired) electrons. The number of hydrogen-bond donors (Lipinski definition) is 0. The van der Waals surface area contributed by atoms with Gasteiger partial charge < -0.3 is 4.74 Å². The molecular formula is C8H14ClNO2. The number of nitrogens with zero attached hydrogens (tertiary/aromatic N) is 1. The van der Waals surface area contributed by atoms with E-state index in [4.69, 9.17) is 0 Å². The number of halogens is 1. The van der Waals surface area contributed by atoms with Crippen molar-refractivity contribution in [2.24, 2.45) is 0 Å². The molecule has 1 aliphatic rings. The zero-order valence-electron chi connectivity index (χ0n) is 7.37. The number of likely N-dealkylation sites (N-methyl/N-ethyl adjacent to an activating group) is 1. The molecule has 0 amide bonds. The van der Waals surface area contributed by atoms with Crippen LogP contribution in [0.2, 0.25) is 0 Å². The summed E-state index contributed by atoms with van der Waals surface area (Å²) in [5, 5.41) is 0. The van der Waals surface area contributed by atoms with Crippen LogP contribution in [-0.4, -0.2) is 37.6 Å². The Morgan fingerprint density at radius 2 is 2.33 bits per heavy atom. The fourth-order valence-corrected chi connectivity index (χ4v) is 1.36. The Balaban J connectivity index is 0.00000121. The molecule has 0 aromatic heterocycles. The zero-order chi connectivity index (χ0) is 8.43. The molecule has 1 atom stereocenters.